The standard InChI is InChI=1S/C25H31N3O3S/c1-16(2)24(19-9-7-13-26-19)28(15-23-27-18-8-5-6-10-22(18)32-23)25(29)17-11-12-20(30-3)21(14-17)31-4/h5-6,8,10-12,14,16,19,24,26H,7,9,13,15H2,1-4H3. The van der Waals surface area contributed by atoms with E-state index >= 15 is 0 Å². The van der Waals surface area contributed by atoms with E-state index in [1.807, 2.05) is 29.2 Å². The first kappa shape index (κ1) is 22.6. The van der Waals surface area contributed by atoms with Crippen molar-refractivity contribution < 1.29 is 14.3 Å². The Balaban J connectivity index is 1.72. The number of hydrogen-bond donors (Lipinski definition) is 1. The topological polar surface area (TPSA) is 63.7 Å². The lowest BCUT2D eigenvalue weighted by molar-refractivity contribution is 0.0548. The Hall–Kier alpha value is -2.64. The summed E-state index contributed by atoms with van der Waals surface area (Å²) in [5, 5.41) is 4.57. The van der Waals surface area contributed by atoms with E-state index in [4.69, 9.17) is 14.5 Å². The molecule has 0 saturated carbocycles. The van der Waals surface area contributed by atoms with Gasteiger partial charge in [-0.15, -0.1) is 11.3 Å². The second-order valence-electron chi connectivity index (χ2n) is 8.52. The molecule has 2 aromatic carbocycles. The first-order valence-electron chi connectivity index (χ1n) is 11.1. The third-order valence-corrected chi connectivity index (χ3v) is 7.11. The lowest BCUT2D eigenvalue weighted by Gasteiger charge is -2.38. The second-order valence-corrected chi connectivity index (χ2v) is 9.63. The minimum absolute atomic E-state index is 0.0161. The third-order valence-electron chi connectivity index (χ3n) is 6.09. The van der Waals surface area contributed by atoms with Crippen LogP contribution in [0.5, 0.6) is 11.5 Å². The summed E-state index contributed by atoms with van der Waals surface area (Å²) in [6, 6.07) is 13.8. The van der Waals surface area contributed by atoms with Crippen LogP contribution in [0.1, 0.15) is 42.1 Å². The second kappa shape index (κ2) is 9.88. The largest absolute Gasteiger partial charge is 0.493 e. The zero-order chi connectivity index (χ0) is 22.7. The van der Waals surface area contributed by atoms with Crippen molar-refractivity contribution in [1.29, 1.82) is 0 Å². The van der Waals surface area contributed by atoms with Gasteiger partial charge in [0.25, 0.3) is 5.91 Å². The molecule has 0 bridgehead atoms. The first-order chi connectivity index (χ1) is 15.5. The van der Waals surface area contributed by atoms with E-state index in [-0.39, 0.29) is 18.0 Å². The number of benzene rings is 2. The Kier molecular flexibility index (Phi) is 6.96. The van der Waals surface area contributed by atoms with E-state index in [2.05, 4.69) is 25.2 Å². The molecule has 1 aromatic heterocycles. The molecule has 1 N–H and O–H groups in total. The first-order valence-corrected chi connectivity index (χ1v) is 11.9. The number of thiazole rings is 1. The van der Waals surface area contributed by atoms with Gasteiger partial charge < -0.3 is 19.7 Å². The summed E-state index contributed by atoms with van der Waals surface area (Å²) in [6.07, 6.45) is 2.20. The van der Waals surface area contributed by atoms with Crippen molar-refractivity contribution in [3.8, 4) is 11.5 Å². The molecule has 1 aliphatic rings. The van der Waals surface area contributed by atoms with E-state index in [0.29, 0.717) is 29.5 Å². The number of para-hydroxylation sites is 1. The molecule has 0 spiro atoms. The van der Waals surface area contributed by atoms with Gasteiger partial charge in [-0.05, 0) is 55.6 Å². The van der Waals surface area contributed by atoms with Gasteiger partial charge in [-0.2, -0.15) is 0 Å². The number of aromatic nitrogens is 1. The van der Waals surface area contributed by atoms with Crippen molar-refractivity contribution in [2.24, 2.45) is 5.92 Å². The molecule has 0 radical (unpaired) electrons. The van der Waals surface area contributed by atoms with Gasteiger partial charge in [0.1, 0.15) is 5.01 Å². The van der Waals surface area contributed by atoms with Gasteiger partial charge >= 0.3 is 0 Å². The van der Waals surface area contributed by atoms with Crippen LogP contribution in [0.25, 0.3) is 10.2 Å². The van der Waals surface area contributed by atoms with Crippen LogP contribution in [0.15, 0.2) is 42.5 Å². The molecule has 0 aliphatic carbocycles. The van der Waals surface area contributed by atoms with Crippen LogP contribution in [0, 0.1) is 5.92 Å². The van der Waals surface area contributed by atoms with Crippen LogP contribution in [-0.2, 0) is 6.54 Å². The predicted molar refractivity (Wildman–Crippen MR) is 129 cm³/mol. The summed E-state index contributed by atoms with van der Waals surface area (Å²) >= 11 is 1.65. The number of carbonyl (C=O) groups is 1. The predicted octanol–water partition coefficient (Wildman–Crippen LogP) is 4.73. The fourth-order valence-electron chi connectivity index (χ4n) is 4.63. The Bertz CT molecular complexity index is 1040. The molecule has 2 atom stereocenters. The molecular weight excluding hydrogens is 422 g/mol. The van der Waals surface area contributed by atoms with Gasteiger partial charge in [-0.1, -0.05) is 26.0 Å². The summed E-state index contributed by atoms with van der Waals surface area (Å²) in [4.78, 5) is 20.7. The maximum atomic E-state index is 13.9. The zero-order valence-corrected chi connectivity index (χ0v) is 19.9. The van der Waals surface area contributed by atoms with Crippen LogP contribution < -0.4 is 14.8 Å². The Morgan fingerprint density at radius 3 is 2.62 bits per heavy atom. The molecular formula is C25H31N3O3S. The molecule has 170 valence electrons. The average molecular weight is 454 g/mol. The van der Waals surface area contributed by atoms with Crippen molar-refractivity contribution >= 4 is 27.5 Å². The molecule has 32 heavy (non-hydrogen) atoms. The summed E-state index contributed by atoms with van der Waals surface area (Å²) in [5.41, 5.74) is 1.57. The molecule has 1 saturated heterocycles. The zero-order valence-electron chi connectivity index (χ0n) is 19.1. The van der Waals surface area contributed by atoms with E-state index in [1.165, 1.54) is 0 Å². The number of rotatable bonds is 8. The summed E-state index contributed by atoms with van der Waals surface area (Å²) in [6.45, 7) is 5.86. The monoisotopic (exact) mass is 453 g/mol. The van der Waals surface area contributed by atoms with Crippen molar-refractivity contribution in [3.05, 3.63) is 53.0 Å². The molecule has 2 heterocycles. The molecule has 6 nitrogen and oxygen atoms in total. The molecule has 7 heteroatoms. The number of nitrogens with zero attached hydrogens (tertiary/aromatic N) is 2. The normalized spacial score (nSPS) is 17.0. The highest BCUT2D eigenvalue weighted by Crippen LogP contribution is 2.31. The fourth-order valence-corrected chi connectivity index (χ4v) is 5.59. The van der Waals surface area contributed by atoms with Gasteiger partial charge in [0.05, 0.1) is 37.0 Å². The Morgan fingerprint density at radius 2 is 1.97 bits per heavy atom. The molecule has 4 rings (SSSR count). The van der Waals surface area contributed by atoms with Crippen LogP contribution in [0.4, 0.5) is 0 Å². The minimum Gasteiger partial charge on any atom is -0.493 e. The average Bonchev–Trinajstić information content (AvgIpc) is 3.47. The van der Waals surface area contributed by atoms with Crippen LogP contribution in [-0.4, -0.2) is 48.6 Å². The van der Waals surface area contributed by atoms with E-state index in [0.717, 1.165) is 34.6 Å². The molecule has 1 amide bonds. The molecule has 2 unspecified atom stereocenters. The molecule has 1 aliphatic heterocycles. The maximum Gasteiger partial charge on any atom is 0.254 e. The Labute approximate surface area is 193 Å². The lowest BCUT2D eigenvalue weighted by Crippen LogP contribution is -2.52. The number of amides is 1. The van der Waals surface area contributed by atoms with Crippen molar-refractivity contribution in [2.75, 3.05) is 20.8 Å². The summed E-state index contributed by atoms with van der Waals surface area (Å²) < 4.78 is 12.0. The van der Waals surface area contributed by atoms with E-state index < -0.39 is 0 Å². The van der Waals surface area contributed by atoms with Crippen molar-refractivity contribution in [2.45, 2.75) is 45.3 Å². The van der Waals surface area contributed by atoms with E-state index in [1.54, 1.807) is 37.7 Å². The van der Waals surface area contributed by atoms with Crippen LogP contribution in [0.2, 0.25) is 0 Å². The highest BCUT2D eigenvalue weighted by molar-refractivity contribution is 7.18. The van der Waals surface area contributed by atoms with Crippen molar-refractivity contribution in [3.63, 3.8) is 0 Å². The van der Waals surface area contributed by atoms with Gasteiger partial charge in [-0.25, -0.2) is 4.98 Å². The third kappa shape index (κ3) is 4.59. The number of fused-ring (bicyclic) bond motifs is 1. The number of carbonyl (C=O) groups excluding carboxylic acids is 1. The minimum atomic E-state index is -0.0161. The lowest BCUT2D eigenvalue weighted by atomic mass is 9.92. The fraction of sp³-hybridized carbons (Fsp3) is 0.440. The number of methoxy groups -OCH3 is 2. The SMILES string of the molecule is COc1ccc(C(=O)N(Cc2nc3ccccc3s2)C(C(C)C)C2CCCN2)cc1OC. The van der Waals surface area contributed by atoms with Crippen LogP contribution >= 0.6 is 11.3 Å². The van der Waals surface area contributed by atoms with Crippen LogP contribution in [0.3, 0.4) is 0 Å². The summed E-state index contributed by atoms with van der Waals surface area (Å²) in [5.74, 6) is 1.44. The maximum absolute atomic E-state index is 13.9. The number of ether oxygens (including phenoxy) is 2. The van der Waals surface area contributed by atoms with Gasteiger partial charge in [-0.3, -0.25) is 4.79 Å². The smallest absolute Gasteiger partial charge is 0.254 e. The highest BCUT2D eigenvalue weighted by Gasteiger charge is 2.36. The molecule has 3 aromatic rings. The summed E-state index contributed by atoms with van der Waals surface area (Å²) in [7, 11) is 3.18. The van der Waals surface area contributed by atoms with E-state index in [9.17, 15) is 4.79 Å². The number of hydrogen-bond acceptors (Lipinski definition) is 6. The van der Waals surface area contributed by atoms with Gasteiger partial charge in [0, 0.05) is 11.6 Å². The van der Waals surface area contributed by atoms with Gasteiger partial charge in [0.15, 0.2) is 11.5 Å². The molecule has 1 fully saturated rings. The highest BCUT2D eigenvalue weighted by atomic mass is 32.1. The number of nitrogens with one attached hydrogen (secondary N) is 1. The quantitative estimate of drug-likeness (QED) is 0.534. The van der Waals surface area contributed by atoms with Crippen molar-refractivity contribution in [1.82, 2.24) is 15.2 Å². The Morgan fingerprint density at radius 1 is 1.19 bits per heavy atom. The van der Waals surface area contributed by atoms with Gasteiger partial charge in [0.2, 0.25) is 0 Å².